The fourth-order valence-electron chi connectivity index (χ4n) is 4.48. The molecule has 1 heterocycles. The van der Waals surface area contributed by atoms with Crippen molar-refractivity contribution >= 4 is 6.09 Å². The van der Waals surface area contributed by atoms with Crippen LogP contribution in [0.25, 0.3) is 0 Å². The molecule has 1 aliphatic carbocycles. The maximum atomic E-state index is 12.5. The molecule has 0 aromatic rings. The Morgan fingerprint density at radius 2 is 1.96 bits per heavy atom. The monoisotopic (exact) mass is 352 g/mol. The summed E-state index contributed by atoms with van der Waals surface area (Å²) in [4.78, 5) is 14.4. The first-order chi connectivity index (χ1) is 11.5. The van der Waals surface area contributed by atoms with Gasteiger partial charge in [-0.05, 0) is 64.7 Å². The van der Waals surface area contributed by atoms with Crippen LogP contribution < -0.4 is 5.32 Å². The molecule has 2 rings (SSSR count). The van der Waals surface area contributed by atoms with Crippen LogP contribution >= 0.6 is 0 Å². The first-order valence-corrected chi connectivity index (χ1v) is 10.3. The third-order valence-electron chi connectivity index (χ3n) is 6.03. The van der Waals surface area contributed by atoms with Crippen molar-refractivity contribution < 1.29 is 9.53 Å². The van der Waals surface area contributed by atoms with Crippen LogP contribution in [0, 0.1) is 10.8 Å². The molecule has 1 saturated heterocycles. The van der Waals surface area contributed by atoms with E-state index in [4.69, 9.17) is 4.74 Å². The topological polar surface area (TPSA) is 41.6 Å². The molecular formula is C21H40N2O2. The summed E-state index contributed by atoms with van der Waals surface area (Å²) in [5.74, 6) is 0. The van der Waals surface area contributed by atoms with E-state index in [1.54, 1.807) is 0 Å². The first kappa shape index (κ1) is 20.5. The van der Waals surface area contributed by atoms with E-state index in [9.17, 15) is 4.79 Å². The second kappa shape index (κ2) is 7.85. The van der Waals surface area contributed by atoms with Crippen LogP contribution in [0.4, 0.5) is 4.79 Å². The summed E-state index contributed by atoms with van der Waals surface area (Å²) in [6, 6.07) is 0.629. The van der Waals surface area contributed by atoms with E-state index in [2.05, 4.69) is 26.1 Å². The lowest BCUT2D eigenvalue weighted by Crippen LogP contribution is -2.52. The number of nitrogens with one attached hydrogen (secondary N) is 1. The molecule has 2 aliphatic rings. The quantitative estimate of drug-likeness (QED) is 0.776. The van der Waals surface area contributed by atoms with Gasteiger partial charge in [0.15, 0.2) is 0 Å². The predicted octanol–water partition coefficient (Wildman–Crippen LogP) is 4.97. The van der Waals surface area contributed by atoms with Crippen LogP contribution in [0.5, 0.6) is 0 Å². The van der Waals surface area contributed by atoms with Crippen molar-refractivity contribution in [1.82, 2.24) is 10.2 Å². The highest BCUT2D eigenvalue weighted by atomic mass is 16.6. The van der Waals surface area contributed by atoms with E-state index in [1.165, 1.54) is 32.1 Å². The smallest absolute Gasteiger partial charge is 0.410 e. The molecular weight excluding hydrogens is 312 g/mol. The van der Waals surface area contributed by atoms with Gasteiger partial charge in [-0.1, -0.05) is 27.2 Å². The van der Waals surface area contributed by atoms with E-state index in [-0.39, 0.29) is 11.5 Å². The van der Waals surface area contributed by atoms with Crippen LogP contribution in [0.15, 0.2) is 0 Å². The van der Waals surface area contributed by atoms with E-state index in [0.29, 0.717) is 11.5 Å². The van der Waals surface area contributed by atoms with Crippen LogP contribution in [0.2, 0.25) is 0 Å². The molecule has 0 radical (unpaired) electrons. The Labute approximate surface area is 155 Å². The summed E-state index contributed by atoms with van der Waals surface area (Å²) in [6.07, 6.45) is 8.46. The molecule has 0 spiro atoms. The highest BCUT2D eigenvalue weighted by Crippen LogP contribution is 2.37. The number of nitrogens with zero attached hydrogens (tertiary/aromatic N) is 1. The summed E-state index contributed by atoms with van der Waals surface area (Å²) >= 11 is 0. The molecule has 4 heteroatoms. The van der Waals surface area contributed by atoms with Crippen molar-refractivity contribution in [2.75, 3.05) is 19.6 Å². The van der Waals surface area contributed by atoms with Crippen molar-refractivity contribution in [2.24, 2.45) is 10.8 Å². The van der Waals surface area contributed by atoms with Gasteiger partial charge in [-0.2, -0.15) is 0 Å². The van der Waals surface area contributed by atoms with Gasteiger partial charge in [-0.25, -0.2) is 4.79 Å². The van der Waals surface area contributed by atoms with Gasteiger partial charge >= 0.3 is 6.09 Å². The Bertz CT molecular complexity index is 455. The Morgan fingerprint density at radius 3 is 2.56 bits per heavy atom. The minimum absolute atomic E-state index is 0.149. The zero-order chi connectivity index (χ0) is 18.7. The van der Waals surface area contributed by atoms with Crippen molar-refractivity contribution in [1.29, 1.82) is 0 Å². The summed E-state index contributed by atoms with van der Waals surface area (Å²) < 4.78 is 5.60. The summed E-state index contributed by atoms with van der Waals surface area (Å²) in [5.41, 5.74) is 0.233. The van der Waals surface area contributed by atoms with Gasteiger partial charge in [0.2, 0.25) is 0 Å². The Balaban J connectivity index is 1.93. The van der Waals surface area contributed by atoms with Crippen molar-refractivity contribution in [3.8, 4) is 0 Å². The van der Waals surface area contributed by atoms with Gasteiger partial charge in [0.1, 0.15) is 5.60 Å². The maximum Gasteiger partial charge on any atom is 0.410 e. The van der Waals surface area contributed by atoms with Gasteiger partial charge in [0.25, 0.3) is 0 Å². The Kier molecular flexibility index (Phi) is 6.45. The maximum absolute atomic E-state index is 12.5. The molecule has 25 heavy (non-hydrogen) atoms. The zero-order valence-electron chi connectivity index (χ0n) is 17.4. The van der Waals surface area contributed by atoms with Crippen LogP contribution in [-0.4, -0.2) is 42.3 Å². The number of amides is 1. The molecule has 2 atom stereocenters. The number of carbonyl (C=O) groups excluding carboxylic acids is 1. The molecule has 0 aromatic heterocycles. The normalized spacial score (nSPS) is 30.2. The Hall–Kier alpha value is -0.770. The minimum Gasteiger partial charge on any atom is -0.444 e. The van der Waals surface area contributed by atoms with Crippen molar-refractivity contribution in [3.05, 3.63) is 0 Å². The minimum atomic E-state index is -0.421. The average Bonchev–Trinajstić information content (AvgIpc) is 2.51. The largest absolute Gasteiger partial charge is 0.444 e. The highest BCUT2D eigenvalue weighted by molar-refractivity contribution is 5.68. The number of hydrogen-bond donors (Lipinski definition) is 1. The zero-order valence-corrected chi connectivity index (χ0v) is 17.4. The number of likely N-dealkylation sites (tertiary alicyclic amines) is 1. The molecule has 146 valence electrons. The van der Waals surface area contributed by atoms with E-state index in [1.807, 2.05) is 25.7 Å². The number of carbonyl (C=O) groups is 1. The number of ether oxygens (including phenoxy) is 1. The molecule has 1 amide bonds. The molecule has 2 fully saturated rings. The molecule has 1 N–H and O–H groups in total. The second-order valence-corrected chi connectivity index (χ2v) is 10.2. The van der Waals surface area contributed by atoms with Gasteiger partial charge in [0.05, 0.1) is 0 Å². The number of hydrogen-bond acceptors (Lipinski definition) is 3. The first-order valence-electron chi connectivity index (χ1n) is 10.3. The Morgan fingerprint density at radius 1 is 1.24 bits per heavy atom. The summed E-state index contributed by atoms with van der Waals surface area (Å²) in [6.45, 7) is 15.5. The fourth-order valence-corrected chi connectivity index (χ4v) is 4.48. The molecule has 0 aromatic carbocycles. The lowest BCUT2D eigenvalue weighted by molar-refractivity contribution is 0.00247. The molecule has 1 aliphatic heterocycles. The molecule has 2 unspecified atom stereocenters. The molecule has 1 saturated carbocycles. The fraction of sp³-hybridized carbons (Fsp3) is 0.952. The van der Waals surface area contributed by atoms with Gasteiger partial charge in [-0.15, -0.1) is 0 Å². The van der Waals surface area contributed by atoms with E-state index in [0.717, 1.165) is 32.5 Å². The van der Waals surface area contributed by atoms with Crippen LogP contribution in [0.3, 0.4) is 0 Å². The van der Waals surface area contributed by atoms with E-state index < -0.39 is 5.60 Å². The third kappa shape index (κ3) is 6.16. The van der Waals surface area contributed by atoms with Crippen LogP contribution in [0.1, 0.15) is 86.5 Å². The standard InChI is InChI=1S/C21H40N2O2/c1-7-21(15-22-17-10-8-11-20(5,6)14-17)12-9-13-23(16-21)18(24)25-19(2,3)4/h17,22H,7-16H2,1-6H3. The van der Waals surface area contributed by atoms with E-state index >= 15 is 0 Å². The van der Waals surface area contributed by atoms with Crippen molar-refractivity contribution in [3.63, 3.8) is 0 Å². The number of rotatable bonds is 4. The third-order valence-corrected chi connectivity index (χ3v) is 6.03. The van der Waals surface area contributed by atoms with Gasteiger partial charge in [0, 0.05) is 31.1 Å². The van der Waals surface area contributed by atoms with Gasteiger partial charge in [-0.3, -0.25) is 0 Å². The number of piperidine rings is 1. The molecule has 4 nitrogen and oxygen atoms in total. The molecule has 0 bridgehead atoms. The SMILES string of the molecule is CCC1(CNC2CCCC(C)(C)C2)CCCN(C(=O)OC(C)(C)C)C1. The van der Waals surface area contributed by atoms with Crippen molar-refractivity contribution in [2.45, 2.75) is 98.1 Å². The average molecular weight is 353 g/mol. The predicted molar refractivity (Wildman–Crippen MR) is 104 cm³/mol. The lowest BCUT2D eigenvalue weighted by atomic mass is 9.74. The lowest BCUT2D eigenvalue weighted by Gasteiger charge is -2.44. The summed E-state index contributed by atoms with van der Waals surface area (Å²) in [5, 5.41) is 3.87. The highest BCUT2D eigenvalue weighted by Gasteiger charge is 2.38. The summed E-state index contributed by atoms with van der Waals surface area (Å²) in [7, 11) is 0. The van der Waals surface area contributed by atoms with Crippen LogP contribution in [-0.2, 0) is 4.74 Å². The van der Waals surface area contributed by atoms with Gasteiger partial charge < -0.3 is 15.0 Å². The second-order valence-electron chi connectivity index (χ2n) is 10.2.